The minimum absolute atomic E-state index is 0.0346. The third kappa shape index (κ3) is 6.04. The summed E-state index contributed by atoms with van der Waals surface area (Å²) in [6.45, 7) is 8.06. The highest BCUT2D eigenvalue weighted by Crippen LogP contribution is 1.95. The van der Waals surface area contributed by atoms with E-state index in [9.17, 15) is 4.79 Å². The molecule has 0 heterocycles. The van der Waals surface area contributed by atoms with Crippen LogP contribution in [0.3, 0.4) is 0 Å². The van der Waals surface area contributed by atoms with Crippen LogP contribution in [0.5, 0.6) is 0 Å². The van der Waals surface area contributed by atoms with E-state index in [1.165, 1.54) is 6.92 Å². The molecule has 0 unspecified atom stereocenters. The smallest absolute Gasteiger partial charge is 0.155 e. The van der Waals surface area contributed by atoms with Gasteiger partial charge in [-0.3, -0.25) is 9.79 Å². The summed E-state index contributed by atoms with van der Waals surface area (Å²) < 4.78 is 4.98. The first-order chi connectivity index (χ1) is 5.54. The summed E-state index contributed by atoms with van der Waals surface area (Å²) in [5.74, 6) is 0.485. The maximum Gasteiger partial charge on any atom is 0.155 e. The lowest BCUT2D eigenvalue weighted by Crippen LogP contribution is -2.07. The van der Waals surface area contributed by atoms with Gasteiger partial charge in [0.1, 0.15) is 13.3 Å². The van der Waals surface area contributed by atoms with Crippen LogP contribution in [-0.4, -0.2) is 24.8 Å². The molecule has 0 N–H and O–H groups in total. The van der Waals surface area contributed by atoms with Gasteiger partial charge in [-0.2, -0.15) is 0 Å². The van der Waals surface area contributed by atoms with E-state index in [1.54, 1.807) is 0 Å². The molecule has 70 valence electrons. The van der Waals surface area contributed by atoms with Gasteiger partial charge in [-0.1, -0.05) is 13.8 Å². The largest absolute Gasteiger partial charge is 0.352 e. The molecule has 0 rings (SSSR count). The van der Waals surface area contributed by atoms with E-state index in [-0.39, 0.29) is 12.4 Å². The van der Waals surface area contributed by atoms with Gasteiger partial charge in [0.2, 0.25) is 0 Å². The van der Waals surface area contributed by atoms with Crippen molar-refractivity contribution in [3.8, 4) is 0 Å². The van der Waals surface area contributed by atoms with Gasteiger partial charge in [0.25, 0.3) is 0 Å². The van der Waals surface area contributed by atoms with Crippen molar-refractivity contribution >= 4 is 11.5 Å². The highest BCUT2D eigenvalue weighted by Gasteiger charge is 1.96. The second-order valence-electron chi connectivity index (χ2n) is 3.13. The number of carbonyl (C=O) groups excluding carboxylic acids is 1. The molecule has 12 heavy (non-hydrogen) atoms. The first-order valence-corrected chi connectivity index (χ1v) is 4.12. The van der Waals surface area contributed by atoms with Gasteiger partial charge < -0.3 is 4.74 Å². The molecule has 0 atom stereocenters. The Morgan fingerprint density at radius 2 is 2.00 bits per heavy atom. The average Bonchev–Trinajstić information content (AvgIpc) is 1.97. The predicted molar refractivity (Wildman–Crippen MR) is 49.4 cm³/mol. The Morgan fingerprint density at radius 1 is 1.42 bits per heavy atom. The molecule has 0 aromatic carbocycles. The fourth-order valence-corrected chi connectivity index (χ4v) is 0.519. The lowest BCUT2D eigenvalue weighted by Gasteiger charge is -2.03. The van der Waals surface area contributed by atoms with E-state index in [1.807, 2.05) is 6.92 Å². The van der Waals surface area contributed by atoms with E-state index in [0.717, 1.165) is 5.71 Å². The summed E-state index contributed by atoms with van der Waals surface area (Å²) in [5.41, 5.74) is 1.05. The Bertz CT molecular complexity index is 173. The van der Waals surface area contributed by atoms with Crippen LogP contribution in [0.2, 0.25) is 0 Å². The minimum Gasteiger partial charge on any atom is -0.352 e. The number of ether oxygens (including phenoxy) is 1. The summed E-state index contributed by atoms with van der Waals surface area (Å²) in [6, 6.07) is 0. The van der Waals surface area contributed by atoms with Crippen LogP contribution < -0.4 is 0 Å². The summed E-state index contributed by atoms with van der Waals surface area (Å²) in [4.78, 5) is 14.6. The SMILES string of the molecule is CC(=O)COCN=C(C)C(C)C. The Balaban J connectivity index is 3.53. The van der Waals surface area contributed by atoms with E-state index in [4.69, 9.17) is 4.74 Å². The second kappa shape index (κ2) is 5.89. The predicted octanol–water partition coefficient (Wildman–Crippen LogP) is 1.67. The Labute approximate surface area is 73.8 Å². The minimum atomic E-state index is 0.0346. The monoisotopic (exact) mass is 171 g/mol. The number of hydrogen-bond donors (Lipinski definition) is 0. The van der Waals surface area contributed by atoms with E-state index in [2.05, 4.69) is 18.8 Å². The zero-order chi connectivity index (χ0) is 9.56. The molecule has 3 nitrogen and oxygen atoms in total. The van der Waals surface area contributed by atoms with Crippen LogP contribution >= 0.6 is 0 Å². The van der Waals surface area contributed by atoms with Crippen molar-refractivity contribution in [2.24, 2.45) is 10.9 Å². The quantitative estimate of drug-likeness (QED) is 0.466. The number of carbonyl (C=O) groups is 1. The molecule has 0 saturated heterocycles. The first-order valence-electron chi connectivity index (χ1n) is 4.12. The van der Waals surface area contributed by atoms with Crippen LogP contribution in [0.4, 0.5) is 0 Å². The highest BCUT2D eigenvalue weighted by molar-refractivity contribution is 5.83. The molecule has 0 amide bonds. The maximum atomic E-state index is 10.4. The molecule has 0 spiro atoms. The Hall–Kier alpha value is -0.700. The van der Waals surface area contributed by atoms with Gasteiger partial charge in [-0.05, 0) is 19.8 Å². The lowest BCUT2D eigenvalue weighted by atomic mass is 10.1. The molecule has 0 saturated carbocycles. The zero-order valence-electron chi connectivity index (χ0n) is 8.26. The average molecular weight is 171 g/mol. The summed E-state index contributed by atoms with van der Waals surface area (Å²) in [5, 5.41) is 0. The van der Waals surface area contributed by atoms with Crippen LogP contribution in [0.1, 0.15) is 27.7 Å². The topological polar surface area (TPSA) is 38.7 Å². The van der Waals surface area contributed by atoms with Crippen molar-refractivity contribution in [3.05, 3.63) is 0 Å². The number of ketones is 1. The van der Waals surface area contributed by atoms with Crippen LogP contribution in [0, 0.1) is 5.92 Å². The molecule has 0 aliphatic rings. The third-order valence-electron chi connectivity index (χ3n) is 1.55. The molecule has 0 radical (unpaired) electrons. The Morgan fingerprint density at radius 3 is 2.42 bits per heavy atom. The van der Waals surface area contributed by atoms with E-state index in [0.29, 0.717) is 12.6 Å². The van der Waals surface area contributed by atoms with Crippen molar-refractivity contribution in [1.29, 1.82) is 0 Å². The van der Waals surface area contributed by atoms with Gasteiger partial charge in [0.05, 0.1) is 0 Å². The van der Waals surface area contributed by atoms with Crippen LogP contribution in [0.15, 0.2) is 4.99 Å². The number of hydrogen-bond acceptors (Lipinski definition) is 3. The summed E-state index contributed by atoms with van der Waals surface area (Å²) in [6.07, 6.45) is 0. The van der Waals surface area contributed by atoms with Gasteiger partial charge in [0.15, 0.2) is 5.78 Å². The molecule has 0 fully saturated rings. The molecule has 0 aromatic rings. The van der Waals surface area contributed by atoms with Crippen LogP contribution in [0.25, 0.3) is 0 Å². The first kappa shape index (κ1) is 11.3. The third-order valence-corrected chi connectivity index (χ3v) is 1.55. The van der Waals surface area contributed by atoms with Crippen molar-refractivity contribution in [3.63, 3.8) is 0 Å². The van der Waals surface area contributed by atoms with Crippen molar-refractivity contribution in [1.82, 2.24) is 0 Å². The molecular weight excluding hydrogens is 154 g/mol. The lowest BCUT2D eigenvalue weighted by molar-refractivity contribution is -0.121. The van der Waals surface area contributed by atoms with E-state index >= 15 is 0 Å². The molecule has 0 bridgehead atoms. The molecule has 0 aliphatic carbocycles. The summed E-state index contributed by atoms with van der Waals surface area (Å²) in [7, 11) is 0. The van der Waals surface area contributed by atoms with Crippen molar-refractivity contribution < 1.29 is 9.53 Å². The maximum absolute atomic E-state index is 10.4. The number of nitrogens with zero attached hydrogens (tertiary/aromatic N) is 1. The fourth-order valence-electron chi connectivity index (χ4n) is 0.519. The second-order valence-corrected chi connectivity index (χ2v) is 3.13. The molecular formula is C9H17NO2. The van der Waals surface area contributed by atoms with Gasteiger partial charge >= 0.3 is 0 Å². The van der Waals surface area contributed by atoms with Gasteiger partial charge in [0, 0.05) is 5.71 Å². The summed E-state index contributed by atoms with van der Waals surface area (Å²) >= 11 is 0. The standard InChI is InChI=1S/C9H17NO2/c1-7(2)9(4)10-6-12-5-8(3)11/h7H,5-6H2,1-4H3. The zero-order valence-corrected chi connectivity index (χ0v) is 8.26. The molecule has 3 heteroatoms. The van der Waals surface area contributed by atoms with Gasteiger partial charge in [-0.15, -0.1) is 0 Å². The number of Topliss-reactive ketones (excluding diaryl/α,β-unsaturated/α-hetero) is 1. The van der Waals surface area contributed by atoms with Crippen LogP contribution in [-0.2, 0) is 9.53 Å². The van der Waals surface area contributed by atoms with Crippen molar-refractivity contribution in [2.45, 2.75) is 27.7 Å². The Kier molecular flexibility index (Phi) is 5.54. The highest BCUT2D eigenvalue weighted by atomic mass is 16.5. The fraction of sp³-hybridized carbons (Fsp3) is 0.778. The number of aliphatic imine (C=N–C) groups is 1. The van der Waals surface area contributed by atoms with E-state index < -0.39 is 0 Å². The number of rotatable bonds is 5. The molecule has 0 aromatic heterocycles. The van der Waals surface area contributed by atoms with Gasteiger partial charge in [-0.25, -0.2) is 0 Å². The van der Waals surface area contributed by atoms with Crippen molar-refractivity contribution in [2.75, 3.05) is 13.3 Å². The normalized spacial score (nSPS) is 12.2. The molecule has 0 aliphatic heterocycles.